The molecule has 1 aromatic rings. The van der Waals surface area contributed by atoms with Crippen LogP contribution in [0.4, 0.5) is 13.2 Å². The minimum Gasteiger partial charge on any atom is -0.260 e. The van der Waals surface area contributed by atoms with Crippen LogP contribution >= 0.6 is 15.9 Å². The maximum atomic E-state index is 11.9. The Kier molecular flexibility index (Phi) is 2.95. The van der Waals surface area contributed by atoms with E-state index in [-0.39, 0.29) is 5.69 Å². The molecule has 0 bridgehead atoms. The van der Waals surface area contributed by atoms with E-state index in [1.165, 1.54) is 12.3 Å². The minimum atomic E-state index is -4.19. The Balaban J connectivity index is 2.86. The van der Waals surface area contributed by atoms with Crippen molar-refractivity contribution in [2.45, 2.75) is 19.5 Å². The normalized spacial score (nSPS) is 11.8. The van der Waals surface area contributed by atoms with E-state index in [0.29, 0.717) is 0 Å². The molecular formula is C8H7BrF3N. The van der Waals surface area contributed by atoms with Crippen LogP contribution in [0.5, 0.6) is 0 Å². The van der Waals surface area contributed by atoms with Crippen molar-refractivity contribution < 1.29 is 13.2 Å². The zero-order chi connectivity index (χ0) is 10.1. The van der Waals surface area contributed by atoms with E-state index in [9.17, 15) is 13.2 Å². The number of rotatable bonds is 1. The van der Waals surface area contributed by atoms with Gasteiger partial charge in [-0.05, 0) is 34.5 Å². The van der Waals surface area contributed by atoms with Gasteiger partial charge in [0.15, 0.2) is 0 Å². The summed E-state index contributed by atoms with van der Waals surface area (Å²) in [6.07, 6.45) is -3.77. The molecule has 0 aliphatic rings. The molecule has 0 fully saturated rings. The van der Waals surface area contributed by atoms with Crippen LogP contribution in [-0.2, 0) is 6.42 Å². The molecule has 5 heteroatoms. The molecule has 0 saturated heterocycles. The van der Waals surface area contributed by atoms with Crippen LogP contribution in [0.15, 0.2) is 16.7 Å². The average molecular weight is 254 g/mol. The summed E-state index contributed by atoms with van der Waals surface area (Å²) in [6, 6.07) is 1.43. The highest BCUT2D eigenvalue weighted by Gasteiger charge is 2.28. The zero-order valence-electron chi connectivity index (χ0n) is 6.82. The second kappa shape index (κ2) is 3.65. The Morgan fingerprint density at radius 1 is 1.46 bits per heavy atom. The summed E-state index contributed by atoms with van der Waals surface area (Å²) in [5.74, 6) is 0. The van der Waals surface area contributed by atoms with Crippen molar-refractivity contribution in [1.82, 2.24) is 4.98 Å². The molecule has 0 aliphatic heterocycles. The zero-order valence-corrected chi connectivity index (χ0v) is 8.41. The van der Waals surface area contributed by atoms with E-state index in [2.05, 4.69) is 20.9 Å². The first-order valence-electron chi connectivity index (χ1n) is 3.56. The SMILES string of the molecule is Cc1cc(CC(F)(F)F)ncc1Br. The third kappa shape index (κ3) is 3.34. The lowest BCUT2D eigenvalue weighted by atomic mass is 10.2. The van der Waals surface area contributed by atoms with Gasteiger partial charge in [0.25, 0.3) is 0 Å². The van der Waals surface area contributed by atoms with E-state index < -0.39 is 12.6 Å². The fraction of sp³-hybridized carbons (Fsp3) is 0.375. The number of hydrogen-bond acceptors (Lipinski definition) is 1. The molecule has 72 valence electrons. The van der Waals surface area contributed by atoms with Crippen molar-refractivity contribution in [3.05, 3.63) is 28.0 Å². The van der Waals surface area contributed by atoms with Crippen molar-refractivity contribution in [2.75, 3.05) is 0 Å². The molecule has 1 aromatic heterocycles. The Morgan fingerprint density at radius 2 is 2.08 bits per heavy atom. The van der Waals surface area contributed by atoms with E-state index in [0.717, 1.165) is 10.0 Å². The van der Waals surface area contributed by atoms with Gasteiger partial charge in [-0.15, -0.1) is 0 Å². The van der Waals surface area contributed by atoms with Crippen LogP contribution in [0.3, 0.4) is 0 Å². The molecule has 0 spiro atoms. The topological polar surface area (TPSA) is 12.9 Å². The standard InChI is InChI=1S/C8H7BrF3N/c1-5-2-6(3-8(10,11)12)13-4-7(5)9/h2,4H,3H2,1H3. The van der Waals surface area contributed by atoms with Gasteiger partial charge in [0.2, 0.25) is 0 Å². The van der Waals surface area contributed by atoms with Crippen molar-refractivity contribution >= 4 is 15.9 Å². The highest BCUT2D eigenvalue weighted by atomic mass is 79.9. The largest absolute Gasteiger partial charge is 0.394 e. The highest BCUT2D eigenvalue weighted by molar-refractivity contribution is 9.10. The number of aryl methyl sites for hydroxylation is 1. The van der Waals surface area contributed by atoms with Crippen LogP contribution < -0.4 is 0 Å². The monoisotopic (exact) mass is 253 g/mol. The molecule has 1 heterocycles. The molecule has 13 heavy (non-hydrogen) atoms. The summed E-state index contributed by atoms with van der Waals surface area (Å²) in [5, 5.41) is 0. The lowest BCUT2D eigenvalue weighted by Gasteiger charge is -2.06. The fourth-order valence-electron chi connectivity index (χ4n) is 0.900. The van der Waals surface area contributed by atoms with Crippen LogP contribution in [0, 0.1) is 6.92 Å². The predicted octanol–water partition coefficient (Wildman–Crippen LogP) is 3.26. The second-order valence-electron chi connectivity index (χ2n) is 2.72. The summed E-state index contributed by atoms with van der Waals surface area (Å²) < 4.78 is 36.5. The van der Waals surface area contributed by atoms with Crippen molar-refractivity contribution in [3.63, 3.8) is 0 Å². The van der Waals surface area contributed by atoms with Gasteiger partial charge >= 0.3 is 6.18 Å². The molecular weight excluding hydrogens is 247 g/mol. The summed E-state index contributed by atoms with van der Waals surface area (Å²) in [6.45, 7) is 1.73. The summed E-state index contributed by atoms with van der Waals surface area (Å²) in [4.78, 5) is 3.66. The fourth-order valence-corrected chi connectivity index (χ4v) is 1.12. The maximum Gasteiger partial charge on any atom is 0.394 e. The van der Waals surface area contributed by atoms with Crippen molar-refractivity contribution in [1.29, 1.82) is 0 Å². The molecule has 0 saturated carbocycles. The molecule has 0 atom stereocenters. The molecule has 0 unspecified atom stereocenters. The molecule has 0 amide bonds. The van der Waals surface area contributed by atoms with Gasteiger partial charge in [0.1, 0.15) is 0 Å². The molecule has 1 nitrogen and oxygen atoms in total. The predicted molar refractivity (Wildman–Crippen MR) is 46.4 cm³/mol. The molecule has 0 aromatic carbocycles. The van der Waals surface area contributed by atoms with Gasteiger partial charge < -0.3 is 0 Å². The number of halogens is 4. The quantitative estimate of drug-likeness (QED) is 0.749. The number of pyridine rings is 1. The Labute approximate surface area is 82.1 Å². The molecule has 1 rings (SSSR count). The first kappa shape index (κ1) is 10.5. The van der Waals surface area contributed by atoms with Gasteiger partial charge in [-0.2, -0.15) is 13.2 Å². The minimum absolute atomic E-state index is 0.0493. The Morgan fingerprint density at radius 3 is 2.54 bits per heavy atom. The van der Waals surface area contributed by atoms with E-state index in [1.807, 2.05) is 0 Å². The third-order valence-corrected chi connectivity index (χ3v) is 2.32. The summed E-state index contributed by atoms with van der Waals surface area (Å²) in [7, 11) is 0. The summed E-state index contributed by atoms with van der Waals surface area (Å²) >= 11 is 3.17. The van der Waals surface area contributed by atoms with Crippen molar-refractivity contribution in [3.8, 4) is 0 Å². The smallest absolute Gasteiger partial charge is 0.260 e. The van der Waals surface area contributed by atoms with Gasteiger partial charge in [0, 0.05) is 16.4 Å². The third-order valence-electron chi connectivity index (χ3n) is 1.49. The highest BCUT2D eigenvalue weighted by Crippen LogP contribution is 2.22. The Hall–Kier alpha value is -0.580. The number of nitrogens with zero attached hydrogens (tertiary/aromatic N) is 1. The first-order chi connectivity index (χ1) is 5.88. The van der Waals surface area contributed by atoms with E-state index >= 15 is 0 Å². The number of hydrogen-bond donors (Lipinski definition) is 0. The van der Waals surface area contributed by atoms with Gasteiger partial charge in [-0.3, -0.25) is 4.98 Å². The van der Waals surface area contributed by atoms with Crippen LogP contribution in [-0.4, -0.2) is 11.2 Å². The van der Waals surface area contributed by atoms with Crippen LogP contribution in [0.2, 0.25) is 0 Å². The van der Waals surface area contributed by atoms with Crippen molar-refractivity contribution in [2.24, 2.45) is 0 Å². The average Bonchev–Trinajstić information content (AvgIpc) is 1.94. The van der Waals surface area contributed by atoms with E-state index in [1.54, 1.807) is 6.92 Å². The van der Waals surface area contributed by atoms with Gasteiger partial charge in [-0.1, -0.05) is 0 Å². The Bertz CT molecular complexity index is 309. The molecule has 0 radical (unpaired) electrons. The molecule has 0 aliphatic carbocycles. The first-order valence-corrected chi connectivity index (χ1v) is 4.35. The number of aromatic nitrogens is 1. The second-order valence-corrected chi connectivity index (χ2v) is 3.57. The summed E-state index contributed by atoms with van der Waals surface area (Å²) in [5.41, 5.74) is 0.808. The number of alkyl halides is 3. The molecule has 0 N–H and O–H groups in total. The maximum absolute atomic E-state index is 11.9. The van der Waals surface area contributed by atoms with E-state index in [4.69, 9.17) is 0 Å². The lowest BCUT2D eigenvalue weighted by Crippen LogP contribution is -2.12. The van der Waals surface area contributed by atoms with Crippen LogP contribution in [0.25, 0.3) is 0 Å². The van der Waals surface area contributed by atoms with Gasteiger partial charge in [-0.25, -0.2) is 0 Å². The van der Waals surface area contributed by atoms with Crippen LogP contribution in [0.1, 0.15) is 11.3 Å². The lowest BCUT2D eigenvalue weighted by molar-refractivity contribution is -0.127. The van der Waals surface area contributed by atoms with Gasteiger partial charge in [0.05, 0.1) is 6.42 Å².